The second-order valence-corrected chi connectivity index (χ2v) is 13.0. The van der Waals surface area contributed by atoms with E-state index in [1.807, 2.05) is 0 Å². The average molecular weight is 705 g/mol. The maximum Gasteiger partial charge on any atom is 0.303 e. The van der Waals surface area contributed by atoms with E-state index < -0.39 is 116 Å². The predicted octanol–water partition coefficient (Wildman–Crippen LogP) is 4.66. The summed E-state index contributed by atoms with van der Waals surface area (Å²) in [5.74, 6) is -25.9. The minimum atomic E-state index is -2.84. The van der Waals surface area contributed by atoms with Crippen molar-refractivity contribution in [3.8, 4) is 5.75 Å². The smallest absolute Gasteiger partial charge is 0.303 e. The third-order valence-electron chi connectivity index (χ3n) is 9.39. The van der Waals surface area contributed by atoms with E-state index in [9.17, 15) is 46.6 Å². The van der Waals surface area contributed by atoms with E-state index in [0.717, 1.165) is 23.1 Å². The summed E-state index contributed by atoms with van der Waals surface area (Å²) in [6.07, 6.45) is 0.0880. The quantitative estimate of drug-likeness (QED) is 0.112. The van der Waals surface area contributed by atoms with Crippen LogP contribution in [0.5, 0.6) is 5.75 Å². The summed E-state index contributed by atoms with van der Waals surface area (Å²) in [5.41, 5.74) is -2.07. The molecule has 1 saturated carbocycles. The van der Waals surface area contributed by atoms with E-state index in [1.54, 1.807) is 0 Å². The maximum atomic E-state index is 15.0. The van der Waals surface area contributed by atoms with Crippen LogP contribution in [0, 0.1) is 52.7 Å². The number of aliphatic carboxylic acids is 1. The van der Waals surface area contributed by atoms with Crippen LogP contribution in [-0.2, 0) is 24.0 Å². The van der Waals surface area contributed by atoms with Gasteiger partial charge < -0.3 is 10.2 Å². The number of hydrogen-bond donors (Lipinski definition) is 2. The summed E-state index contributed by atoms with van der Waals surface area (Å²) in [6, 6.07) is 2.70. The fourth-order valence-electron chi connectivity index (χ4n) is 7.32. The number of phenolic OH excluding ortho intramolecular Hbond substituents is 1. The average Bonchev–Trinajstić information content (AvgIpc) is 3.34. The van der Waals surface area contributed by atoms with Gasteiger partial charge in [-0.1, -0.05) is 17.7 Å². The molecule has 4 aliphatic rings. The summed E-state index contributed by atoms with van der Waals surface area (Å²) in [6.45, 7) is -0.261. The Balaban J connectivity index is 1.53. The molecule has 2 aromatic rings. The first-order valence-electron chi connectivity index (χ1n) is 14.0. The highest BCUT2D eigenvalue weighted by Crippen LogP contribution is 2.66. The Kier molecular flexibility index (Phi) is 7.66. The number of carbonyl (C=O) groups excluding carboxylic acids is 4. The lowest BCUT2D eigenvalue weighted by Crippen LogP contribution is -2.60. The molecule has 0 aromatic heterocycles. The summed E-state index contributed by atoms with van der Waals surface area (Å²) in [7, 11) is 0. The van der Waals surface area contributed by atoms with Gasteiger partial charge >= 0.3 is 5.97 Å². The van der Waals surface area contributed by atoms with Crippen molar-refractivity contribution in [1.29, 1.82) is 0 Å². The number of imide groups is 2. The lowest BCUT2D eigenvalue weighted by Gasteiger charge is -2.50. The van der Waals surface area contributed by atoms with Crippen LogP contribution in [0.25, 0.3) is 0 Å². The van der Waals surface area contributed by atoms with Crippen molar-refractivity contribution in [2.24, 2.45) is 17.8 Å². The molecule has 17 heteroatoms. The molecule has 0 bridgehead atoms. The largest absolute Gasteiger partial charge is 0.505 e. The number of fused-ring (bicyclic) bond motifs is 4. The molecule has 2 aliphatic carbocycles. The number of anilines is 1. The predicted molar refractivity (Wildman–Crippen MR) is 148 cm³/mol. The topological polar surface area (TPSA) is 132 Å². The van der Waals surface area contributed by atoms with Gasteiger partial charge in [-0.25, -0.2) is 31.2 Å². The Bertz CT molecular complexity index is 1830. The molecule has 6 atom stereocenters. The Labute approximate surface area is 270 Å². The van der Waals surface area contributed by atoms with Gasteiger partial charge in [0.05, 0.1) is 11.8 Å². The van der Waals surface area contributed by atoms with Gasteiger partial charge in [-0.15, -0.1) is 23.2 Å². The zero-order valence-corrected chi connectivity index (χ0v) is 25.0. The summed E-state index contributed by atoms with van der Waals surface area (Å²) in [5, 5.41) is 18.8. The van der Waals surface area contributed by atoms with Crippen molar-refractivity contribution in [2.45, 2.75) is 41.3 Å². The van der Waals surface area contributed by atoms with E-state index in [0.29, 0.717) is 0 Å². The van der Waals surface area contributed by atoms with Crippen LogP contribution >= 0.6 is 23.2 Å². The molecular formula is C30H20Cl2F6N2O7. The van der Waals surface area contributed by atoms with Crippen molar-refractivity contribution in [1.82, 2.24) is 4.90 Å². The van der Waals surface area contributed by atoms with Gasteiger partial charge in [0.2, 0.25) is 17.6 Å². The highest BCUT2D eigenvalue weighted by atomic mass is 35.5. The molecule has 0 spiro atoms. The minimum Gasteiger partial charge on any atom is -0.505 e. The fourth-order valence-corrected chi connectivity index (χ4v) is 8.25. The SMILES string of the molecule is O=C(O)CCCN1C(=O)C2CC=C3C(CC4(Cl)C(=O)N(c5c(F)c(F)c(F)c(F)c5F)C(=O)C4(Cl)C3c3ccc(O)c(F)c3)C2C1=O. The first-order valence-corrected chi connectivity index (χ1v) is 14.8. The molecule has 3 fully saturated rings. The van der Waals surface area contributed by atoms with E-state index in [-0.39, 0.29) is 41.8 Å². The number of amides is 4. The van der Waals surface area contributed by atoms with Crippen LogP contribution in [0.2, 0.25) is 0 Å². The first-order chi connectivity index (χ1) is 22.0. The number of benzene rings is 2. The molecule has 2 saturated heterocycles. The van der Waals surface area contributed by atoms with Crippen LogP contribution in [0.15, 0.2) is 29.8 Å². The van der Waals surface area contributed by atoms with Crippen LogP contribution in [-0.4, -0.2) is 61.0 Å². The molecule has 6 unspecified atom stereocenters. The Morgan fingerprint density at radius 2 is 1.51 bits per heavy atom. The molecule has 2 heterocycles. The normalized spacial score (nSPS) is 30.0. The van der Waals surface area contributed by atoms with Crippen molar-refractivity contribution in [3.05, 3.63) is 70.3 Å². The molecule has 0 radical (unpaired) electrons. The third-order valence-corrected chi connectivity index (χ3v) is 10.8. The van der Waals surface area contributed by atoms with Crippen LogP contribution in [0.3, 0.4) is 0 Å². The lowest BCUT2D eigenvalue weighted by molar-refractivity contribution is -0.142. The van der Waals surface area contributed by atoms with Gasteiger partial charge in [0.1, 0.15) is 5.69 Å². The van der Waals surface area contributed by atoms with Crippen LogP contribution < -0.4 is 4.90 Å². The number of phenols is 1. The molecular weight excluding hydrogens is 685 g/mol. The number of carboxylic acid groups (broad SMARTS) is 1. The number of rotatable bonds is 6. The van der Waals surface area contributed by atoms with Crippen molar-refractivity contribution >= 4 is 58.5 Å². The number of likely N-dealkylation sites (tertiary alicyclic amines) is 1. The van der Waals surface area contributed by atoms with E-state index >= 15 is 8.78 Å². The van der Waals surface area contributed by atoms with E-state index in [2.05, 4.69) is 0 Å². The number of alkyl halides is 2. The lowest BCUT2D eigenvalue weighted by atomic mass is 9.56. The van der Waals surface area contributed by atoms with Gasteiger partial charge in [0.15, 0.2) is 44.6 Å². The van der Waals surface area contributed by atoms with Crippen LogP contribution in [0.4, 0.5) is 32.0 Å². The van der Waals surface area contributed by atoms with Crippen LogP contribution in [0.1, 0.15) is 37.2 Å². The standard InChI is InChI=1S/C30H20Cl2F6N2O7/c31-29-9-13-11(4-5-12-17(13)26(45)39(25(12)44)7-1-2-16(42)43)18(10-3-6-15(41)14(33)8-10)30(29,32)28(47)40(27(29)46)24-22(37)20(35)19(34)21(36)23(24)38/h3-4,6,8,12-13,17-18,41H,1-2,5,7,9H2,(H,42,43). The van der Waals surface area contributed by atoms with Gasteiger partial charge in [0, 0.05) is 18.9 Å². The molecule has 6 rings (SSSR count). The molecule has 2 aliphatic heterocycles. The van der Waals surface area contributed by atoms with Gasteiger partial charge in [-0.2, -0.15) is 0 Å². The molecule has 4 amide bonds. The molecule has 47 heavy (non-hydrogen) atoms. The minimum absolute atomic E-state index is 0.0826. The van der Waals surface area contributed by atoms with Crippen molar-refractivity contribution in [3.63, 3.8) is 0 Å². The highest BCUT2D eigenvalue weighted by molar-refractivity contribution is 6.58. The highest BCUT2D eigenvalue weighted by Gasteiger charge is 2.77. The number of hydrogen-bond acceptors (Lipinski definition) is 6. The Morgan fingerprint density at radius 3 is 2.11 bits per heavy atom. The Hall–Kier alpha value is -4.11. The fraction of sp³-hybridized carbons (Fsp3) is 0.367. The molecule has 248 valence electrons. The second kappa shape index (κ2) is 11.0. The van der Waals surface area contributed by atoms with Gasteiger partial charge in [0.25, 0.3) is 11.8 Å². The van der Waals surface area contributed by atoms with Crippen molar-refractivity contribution < 1.29 is 60.5 Å². The summed E-state index contributed by atoms with van der Waals surface area (Å²) in [4.78, 5) is 61.1. The number of carbonyl (C=O) groups is 5. The second-order valence-electron chi connectivity index (χ2n) is 11.7. The zero-order valence-electron chi connectivity index (χ0n) is 23.5. The monoisotopic (exact) mass is 704 g/mol. The maximum absolute atomic E-state index is 15.0. The van der Waals surface area contributed by atoms with E-state index in [4.69, 9.17) is 28.3 Å². The number of carboxylic acids is 1. The third kappa shape index (κ3) is 4.34. The number of nitrogens with zero attached hydrogens (tertiary/aromatic N) is 2. The summed E-state index contributed by atoms with van der Waals surface area (Å²) < 4.78 is 87.3. The van der Waals surface area contributed by atoms with Gasteiger partial charge in [-0.05, 0) is 42.9 Å². The first kappa shape index (κ1) is 32.8. The van der Waals surface area contributed by atoms with Gasteiger partial charge in [-0.3, -0.25) is 28.9 Å². The molecule has 2 aromatic carbocycles. The van der Waals surface area contributed by atoms with Crippen molar-refractivity contribution in [2.75, 3.05) is 11.4 Å². The molecule has 9 nitrogen and oxygen atoms in total. The molecule has 2 N–H and O–H groups in total. The number of halogens is 8. The summed E-state index contributed by atoms with van der Waals surface area (Å²) >= 11 is 13.9. The van der Waals surface area contributed by atoms with E-state index in [1.165, 1.54) is 6.08 Å². The number of aromatic hydroxyl groups is 1. The zero-order chi connectivity index (χ0) is 34.5. The number of allylic oxidation sites excluding steroid dienone is 2. The Morgan fingerprint density at radius 1 is 0.894 bits per heavy atom.